The molecule has 0 unspecified atom stereocenters. The molecule has 9 heteroatoms. The standard InChI is InChI=1S/C34H45N5O4/c1-5-42-31-35-21-26(22-36-31)25-7-6-8-27(20-25)39(28(40)19-24-9-17-41-18-10-24)23-33-11-14-34(15-12-33,16-13-33)30-37-29(38-43-30)32(2,3)4/h6-8,20-22,24H,5,9-19,23H2,1-4H3. The molecular formula is C34H45N5O4. The van der Waals surface area contributed by atoms with E-state index in [4.69, 9.17) is 19.0 Å². The predicted octanol–water partition coefficient (Wildman–Crippen LogP) is 6.66. The highest BCUT2D eigenvalue weighted by Gasteiger charge is 2.53. The van der Waals surface area contributed by atoms with Crippen LogP contribution in [0.3, 0.4) is 0 Å². The molecule has 3 aliphatic carbocycles. The Bertz CT molecular complexity index is 1380. The fourth-order valence-electron chi connectivity index (χ4n) is 7.05. The van der Waals surface area contributed by atoms with Gasteiger partial charge in [-0.3, -0.25) is 4.79 Å². The van der Waals surface area contributed by atoms with Gasteiger partial charge in [0.15, 0.2) is 5.82 Å². The van der Waals surface area contributed by atoms with Crippen LogP contribution in [0, 0.1) is 11.3 Å². The van der Waals surface area contributed by atoms with Gasteiger partial charge in [-0.25, -0.2) is 9.97 Å². The highest BCUT2D eigenvalue weighted by Crippen LogP contribution is 2.58. The third-order valence-corrected chi connectivity index (χ3v) is 9.94. The molecule has 0 N–H and O–H groups in total. The maximum absolute atomic E-state index is 14.1. The number of amides is 1. The van der Waals surface area contributed by atoms with Gasteiger partial charge in [-0.2, -0.15) is 4.98 Å². The van der Waals surface area contributed by atoms with Gasteiger partial charge < -0.3 is 18.9 Å². The van der Waals surface area contributed by atoms with E-state index in [1.165, 1.54) is 0 Å². The minimum Gasteiger partial charge on any atom is -0.464 e. The smallest absolute Gasteiger partial charge is 0.316 e. The number of benzene rings is 1. The minimum absolute atomic E-state index is 0.0389. The molecule has 2 bridgehead atoms. The number of aromatic nitrogens is 4. The molecule has 4 fully saturated rings. The molecular weight excluding hydrogens is 542 g/mol. The molecule has 7 rings (SSSR count). The van der Waals surface area contributed by atoms with Gasteiger partial charge in [0.2, 0.25) is 11.8 Å². The van der Waals surface area contributed by atoms with E-state index in [0.29, 0.717) is 25.0 Å². The van der Waals surface area contributed by atoms with Crippen LogP contribution in [0.25, 0.3) is 11.1 Å². The summed E-state index contributed by atoms with van der Waals surface area (Å²) in [6.45, 7) is 11.0. The maximum Gasteiger partial charge on any atom is 0.316 e. The van der Waals surface area contributed by atoms with Crippen molar-refractivity contribution in [2.75, 3.05) is 31.3 Å². The third kappa shape index (κ3) is 6.33. The van der Waals surface area contributed by atoms with Crippen molar-refractivity contribution in [1.82, 2.24) is 20.1 Å². The molecule has 0 atom stereocenters. The molecule has 4 aliphatic rings. The molecule has 1 amide bonds. The summed E-state index contributed by atoms with van der Waals surface area (Å²) in [5, 5.41) is 4.34. The number of nitrogens with zero attached hydrogens (tertiary/aromatic N) is 5. The monoisotopic (exact) mass is 587 g/mol. The van der Waals surface area contributed by atoms with Crippen molar-refractivity contribution in [3.63, 3.8) is 0 Å². The summed E-state index contributed by atoms with van der Waals surface area (Å²) in [4.78, 5) is 29.8. The van der Waals surface area contributed by atoms with E-state index in [9.17, 15) is 4.79 Å². The van der Waals surface area contributed by atoms with Crippen LogP contribution in [0.1, 0.15) is 97.2 Å². The lowest BCUT2D eigenvalue weighted by Gasteiger charge is -2.53. The quantitative estimate of drug-likeness (QED) is 0.274. The van der Waals surface area contributed by atoms with E-state index in [0.717, 1.165) is 99.7 Å². The van der Waals surface area contributed by atoms with Crippen molar-refractivity contribution >= 4 is 11.6 Å². The maximum atomic E-state index is 14.1. The number of fused-ring (bicyclic) bond motifs is 3. The highest BCUT2D eigenvalue weighted by molar-refractivity contribution is 5.94. The number of carbonyl (C=O) groups is 1. The van der Waals surface area contributed by atoms with Crippen LogP contribution in [0.5, 0.6) is 6.01 Å². The van der Waals surface area contributed by atoms with Crippen LogP contribution < -0.4 is 9.64 Å². The Morgan fingerprint density at radius 3 is 2.35 bits per heavy atom. The van der Waals surface area contributed by atoms with E-state index < -0.39 is 0 Å². The van der Waals surface area contributed by atoms with Crippen LogP contribution in [0.2, 0.25) is 0 Å². The molecule has 2 aromatic heterocycles. The van der Waals surface area contributed by atoms with Crippen molar-refractivity contribution in [3.8, 4) is 17.1 Å². The first-order valence-corrected chi connectivity index (χ1v) is 16.0. The van der Waals surface area contributed by atoms with Crippen LogP contribution in [-0.2, 0) is 20.4 Å². The van der Waals surface area contributed by atoms with Gasteiger partial charge in [0.25, 0.3) is 0 Å². The van der Waals surface area contributed by atoms with E-state index in [1.807, 2.05) is 19.1 Å². The topological polar surface area (TPSA) is 103 Å². The molecule has 43 heavy (non-hydrogen) atoms. The van der Waals surface area contributed by atoms with Crippen LogP contribution in [0.4, 0.5) is 5.69 Å². The average molecular weight is 588 g/mol. The lowest BCUT2D eigenvalue weighted by atomic mass is 9.53. The number of ether oxygens (including phenoxy) is 2. The molecule has 1 aliphatic heterocycles. The number of hydrogen-bond donors (Lipinski definition) is 0. The number of carbonyl (C=O) groups excluding carboxylic acids is 1. The largest absolute Gasteiger partial charge is 0.464 e. The van der Waals surface area contributed by atoms with Crippen molar-refractivity contribution in [3.05, 3.63) is 48.4 Å². The fourth-order valence-corrected chi connectivity index (χ4v) is 7.05. The van der Waals surface area contributed by atoms with Gasteiger partial charge in [0, 0.05) is 60.7 Å². The van der Waals surface area contributed by atoms with Gasteiger partial charge in [0.05, 0.1) is 6.61 Å². The van der Waals surface area contributed by atoms with Crippen LogP contribution in [-0.4, -0.2) is 52.4 Å². The summed E-state index contributed by atoms with van der Waals surface area (Å²) in [6.07, 6.45) is 12.2. The second-order valence-corrected chi connectivity index (χ2v) is 13.9. The summed E-state index contributed by atoms with van der Waals surface area (Å²) >= 11 is 0. The Morgan fingerprint density at radius 1 is 1.02 bits per heavy atom. The molecule has 1 aromatic carbocycles. The van der Waals surface area contributed by atoms with Crippen molar-refractivity contribution in [1.29, 1.82) is 0 Å². The Balaban J connectivity index is 1.24. The van der Waals surface area contributed by atoms with Crippen LogP contribution >= 0.6 is 0 Å². The molecule has 230 valence electrons. The minimum atomic E-state index is -0.136. The normalized spacial score (nSPS) is 24.2. The molecule has 3 saturated carbocycles. The van der Waals surface area contributed by atoms with Crippen LogP contribution in [0.15, 0.2) is 41.2 Å². The summed E-state index contributed by atoms with van der Waals surface area (Å²) in [7, 11) is 0. The zero-order valence-corrected chi connectivity index (χ0v) is 26.1. The second kappa shape index (κ2) is 12.0. The Kier molecular flexibility index (Phi) is 8.28. The van der Waals surface area contributed by atoms with E-state index >= 15 is 0 Å². The number of rotatable bonds is 9. The van der Waals surface area contributed by atoms with Gasteiger partial charge in [-0.05, 0) is 87.3 Å². The molecule has 0 radical (unpaired) electrons. The first kappa shape index (κ1) is 29.7. The molecule has 3 aromatic rings. The Hall–Kier alpha value is -3.33. The Morgan fingerprint density at radius 2 is 1.72 bits per heavy atom. The van der Waals surface area contributed by atoms with Crippen molar-refractivity contribution < 1.29 is 18.8 Å². The van der Waals surface area contributed by atoms with Gasteiger partial charge in [-0.1, -0.05) is 38.1 Å². The molecule has 1 saturated heterocycles. The number of hydrogen-bond acceptors (Lipinski definition) is 8. The SMILES string of the molecule is CCOc1ncc(-c2cccc(N(CC34CCC(c5nc(C(C)(C)C)no5)(CC3)CC4)C(=O)CC3CCOCC3)c2)cn1. The highest BCUT2D eigenvalue weighted by atomic mass is 16.5. The summed E-state index contributed by atoms with van der Waals surface area (Å²) in [6, 6.07) is 8.63. The number of anilines is 1. The van der Waals surface area contributed by atoms with Gasteiger partial charge in [-0.15, -0.1) is 0 Å². The van der Waals surface area contributed by atoms with E-state index in [2.05, 4.69) is 52.9 Å². The van der Waals surface area contributed by atoms with E-state index in [-0.39, 0.29) is 22.2 Å². The zero-order chi connectivity index (χ0) is 30.1. The van der Waals surface area contributed by atoms with E-state index in [1.54, 1.807) is 12.4 Å². The zero-order valence-electron chi connectivity index (χ0n) is 26.1. The molecule has 3 heterocycles. The second-order valence-electron chi connectivity index (χ2n) is 13.9. The first-order chi connectivity index (χ1) is 20.7. The molecule has 0 spiro atoms. The van der Waals surface area contributed by atoms with Crippen molar-refractivity contribution in [2.45, 2.75) is 96.3 Å². The summed E-state index contributed by atoms with van der Waals surface area (Å²) in [5.41, 5.74) is 2.73. The average Bonchev–Trinajstić information content (AvgIpc) is 3.55. The fraction of sp³-hybridized carbons (Fsp3) is 0.618. The molecule has 9 nitrogen and oxygen atoms in total. The van der Waals surface area contributed by atoms with Gasteiger partial charge >= 0.3 is 6.01 Å². The lowest BCUT2D eigenvalue weighted by Crippen LogP contribution is -2.51. The lowest BCUT2D eigenvalue weighted by molar-refractivity contribution is -0.121. The van der Waals surface area contributed by atoms with Crippen molar-refractivity contribution in [2.24, 2.45) is 11.3 Å². The van der Waals surface area contributed by atoms with Gasteiger partial charge in [0.1, 0.15) is 0 Å². The predicted molar refractivity (Wildman–Crippen MR) is 164 cm³/mol. The Labute approximate surface area is 254 Å². The summed E-state index contributed by atoms with van der Waals surface area (Å²) in [5.74, 6) is 2.16. The summed E-state index contributed by atoms with van der Waals surface area (Å²) < 4.78 is 16.9. The third-order valence-electron chi connectivity index (χ3n) is 9.94. The first-order valence-electron chi connectivity index (χ1n) is 16.0.